The van der Waals surface area contributed by atoms with E-state index in [0.717, 1.165) is 0 Å². The number of hydrogen-bond acceptors (Lipinski definition) is 1. The highest BCUT2D eigenvalue weighted by atomic mass is 35.5. The molecule has 3 heteroatoms. The van der Waals surface area contributed by atoms with E-state index in [1.165, 1.54) is 18.5 Å². The van der Waals surface area contributed by atoms with Crippen LogP contribution in [-0.2, 0) is 5.11 Å². The van der Waals surface area contributed by atoms with E-state index in [2.05, 4.69) is 4.98 Å². The van der Waals surface area contributed by atoms with Gasteiger partial charge in [0.15, 0.2) is 0 Å². The highest BCUT2D eigenvalue weighted by Crippen LogP contribution is 2.19. The van der Waals surface area contributed by atoms with Crippen molar-refractivity contribution in [3.8, 4) is 5.75 Å². The van der Waals surface area contributed by atoms with Crippen LogP contribution >= 0.6 is 11.6 Å². The minimum Gasteiger partial charge on any atom is -0.287 e. The van der Waals surface area contributed by atoms with Gasteiger partial charge in [-0.1, -0.05) is 11.6 Å². The van der Waals surface area contributed by atoms with Crippen LogP contribution in [0.1, 0.15) is 0 Å². The summed E-state index contributed by atoms with van der Waals surface area (Å²) in [6.45, 7) is 0. The average molecular weight is 129 g/mol. The average Bonchev–Trinajstić information content (AvgIpc) is 1.77. The number of nitrogens with zero attached hydrogens (tertiary/aromatic N) is 1. The lowest BCUT2D eigenvalue weighted by molar-refractivity contribution is 0.353. The summed E-state index contributed by atoms with van der Waals surface area (Å²) in [5, 5.41) is 10.6. The van der Waals surface area contributed by atoms with Gasteiger partial charge in [0.25, 0.3) is 0 Å². The predicted octanol–water partition coefficient (Wildman–Crippen LogP) is 1.88. The Kier molecular flexibility index (Phi) is 1.35. The van der Waals surface area contributed by atoms with E-state index >= 15 is 0 Å². The largest absolute Gasteiger partial charge is 0.287 e. The van der Waals surface area contributed by atoms with Crippen molar-refractivity contribution >= 4 is 11.6 Å². The zero-order valence-electron chi connectivity index (χ0n) is 3.97. The Morgan fingerprint density at radius 3 is 2.75 bits per heavy atom. The first-order chi connectivity index (χ1) is 3.80. The van der Waals surface area contributed by atoms with Crippen LogP contribution in [0.3, 0.4) is 0 Å². The molecule has 0 aromatic carbocycles. The summed E-state index contributed by atoms with van der Waals surface area (Å²) in [6, 6.07) is 1.46. The second-order valence-electron chi connectivity index (χ2n) is 1.31. The Morgan fingerprint density at radius 1 is 1.62 bits per heavy atom. The fraction of sp³-hybridized carbons (Fsp3) is 0. The SMILES string of the molecule is [O]c1cnccc1Cl. The van der Waals surface area contributed by atoms with Gasteiger partial charge < -0.3 is 0 Å². The molecule has 2 nitrogen and oxygen atoms in total. The van der Waals surface area contributed by atoms with Crippen molar-refractivity contribution in [3.63, 3.8) is 0 Å². The molecule has 0 saturated heterocycles. The fourth-order valence-electron chi connectivity index (χ4n) is 0.363. The lowest BCUT2D eigenvalue weighted by Crippen LogP contribution is -1.67. The number of aromatic nitrogens is 1. The third-order valence-corrected chi connectivity index (χ3v) is 1.05. The van der Waals surface area contributed by atoms with Gasteiger partial charge in [-0.05, 0) is 6.07 Å². The van der Waals surface area contributed by atoms with Gasteiger partial charge in [-0.25, -0.2) is 0 Å². The Morgan fingerprint density at radius 2 is 2.38 bits per heavy atom. The maximum absolute atomic E-state index is 10.4. The number of pyridine rings is 1. The lowest BCUT2D eigenvalue weighted by atomic mass is 10.5. The van der Waals surface area contributed by atoms with Gasteiger partial charge in [0.1, 0.15) is 0 Å². The van der Waals surface area contributed by atoms with E-state index in [4.69, 9.17) is 11.6 Å². The third kappa shape index (κ3) is 0.898. The van der Waals surface area contributed by atoms with Crippen LogP contribution < -0.4 is 0 Å². The van der Waals surface area contributed by atoms with Crippen molar-refractivity contribution < 1.29 is 5.11 Å². The summed E-state index contributed by atoms with van der Waals surface area (Å²) < 4.78 is 0. The first kappa shape index (κ1) is 5.38. The van der Waals surface area contributed by atoms with Crippen molar-refractivity contribution in [3.05, 3.63) is 23.5 Å². The van der Waals surface area contributed by atoms with E-state index in [0.29, 0.717) is 0 Å². The molecule has 0 fully saturated rings. The minimum absolute atomic E-state index is 0.222. The van der Waals surface area contributed by atoms with Gasteiger partial charge >= 0.3 is 0 Å². The molecule has 8 heavy (non-hydrogen) atoms. The van der Waals surface area contributed by atoms with Gasteiger partial charge in [0, 0.05) is 6.20 Å². The number of rotatable bonds is 0. The molecule has 0 amide bonds. The van der Waals surface area contributed by atoms with Crippen LogP contribution in [0.15, 0.2) is 18.5 Å². The molecule has 0 N–H and O–H groups in total. The Bertz CT molecular complexity index is 169. The molecule has 1 aromatic rings. The van der Waals surface area contributed by atoms with Crippen LogP contribution in [0.5, 0.6) is 5.75 Å². The summed E-state index contributed by atoms with van der Waals surface area (Å²) >= 11 is 5.36. The Hall–Kier alpha value is -0.760. The molecule has 0 atom stereocenters. The predicted molar refractivity (Wildman–Crippen MR) is 29.4 cm³/mol. The molecule has 1 rings (SSSR count). The van der Waals surface area contributed by atoms with Crippen LogP contribution in [0.25, 0.3) is 0 Å². The summed E-state index contributed by atoms with van der Waals surface area (Å²) in [4.78, 5) is 3.55. The van der Waals surface area contributed by atoms with Crippen molar-refractivity contribution in [2.45, 2.75) is 0 Å². The Labute approximate surface area is 51.7 Å². The zero-order valence-corrected chi connectivity index (χ0v) is 4.72. The standard InChI is InChI=1S/C5H3ClNO/c6-4-1-2-7-3-5(4)8/h1-3H. The van der Waals surface area contributed by atoms with Gasteiger partial charge in [-0.15, -0.1) is 0 Å². The molecular formula is C5H3ClNO. The molecule has 0 bridgehead atoms. The number of halogens is 1. The first-order valence-corrected chi connectivity index (χ1v) is 2.45. The summed E-state index contributed by atoms with van der Waals surface area (Å²) in [7, 11) is 0. The monoisotopic (exact) mass is 128 g/mol. The maximum atomic E-state index is 10.4. The molecule has 0 aliphatic carbocycles. The molecular weight excluding hydrogens is 126 g/mol. The minimum atomic E-state index is -0.228. The van der Waals surface area contributed by atoms with E-state index in [-0.39, 0.29) is 10.8 Å². The molecule has 41 valence electrons. The second-order valence-corrected chi connectivity index (χ2v) is 1.71. The summed E-state index contributed by atoms with van der Waals surface area (Å²) in [6.07, 6.45) is 2.66. The van der Waals surface area contributed by atoms with E-state index < -0.39 is 0 Å². The van der Waals surface area contributed by atoms with Crippen molar-refractivity contribution in [1.29, 1.82) is 0 Å². The molecule has 0 saturated carbocycles. The number of hydrogen-bond donors (Lipinski definition) is 0. The molecule has 0 aliphatic heterocycles. The van der Waals surface area contributed by atoms with Crippen LogP contribution in [-0.4, -0.2) is 4.98 Å². The quantitative estimate of drug-likeness (QED) is 0.525. The van der Waals surface area contributed by atoms with Gasteiger partial charge in [-0.3, -0.25) is 10.1 Å². The molecule has 1 radical (unpaired) electrons. The van der Waals surface area contributed by atoms with Gasteiger partial charge in [-0.2, -0.15) is 0 Å². The van der Waals surface area contributed by atoms with Crippen LogP contribution in [0, 0.1) is 0 Å². The Balaban J connectivity index is 3.13. The van der Waals surface area contributed by atoms with E-state index in [1.54, 1.807) is 0 Å². The smallest absolute Gasteiger partial charge is 0.215 e. The van der Waals surface area contributed by atoms with E-state index in [1.807, 2.05) is 0 Å². The zero-order chi connectivity index (χ0) is 5.98. The van der Waals surface area contributed by atoms with Crippen LogP contribution in [0.4, 0.5) is 0 Å². The van der Waals surface area contributed by atoms with Gasteiger partial charge in [0.2, 0.25) is 5.75 Å². The highest BCUT2D eigenvalue weighted by Gasteiger charge is 1.94. The summed E-state index contributed by atoms with van der Waals surface area (Å²) in [5.74, 6) is -0.228. The summed E-state index contributed by atoms with van der Waals surface area (Å²) in [5.41, 5.74) is 0. The van der Waals surface area contributed by atoms with Gasteiger partial charge in [0.05, 0.1) is 11.2 Å². The molecule has 1 aromatic heterocycles. The lowest BCUT2D eigenvalue weighted by Gasteiger charge is -1.85. The van der Waals surface area contributed by atoms with Crippen molar-refractivity contribution in [2.24, 2.45) is 0 Å². The molecule has 0 aliphatic rings. The van der Waals surface area contributed by atoms with Crippen molar-refractivity contribution in [2.75, 3.05) is 0 Å². The van der Waals surface area contributed by atoms with E-state index in [9.17, 15) is 5.11 Å². The fourth-order valence-corrected chi connectivity index (χ4v) is 0.468. The normalized spacial score (nSPS) is 9.12. The van der Waals surface area contributed by atoms with Crippen molar-refractivity contribution in [1.82, 2.24) is 4.98 Å². The maximum Gasteiger partial charge on any atom is 0.215 e. The third-order valence-electron chi connectivity index (χ3n) is 0.734. The second kappa shape index (κ2) is 2.01. The highest BCUT2D eigenvalue weighted by molar-refractivity contribution is 6.31. The topological polar surface area (TPSA) is 32.8 Å². The molecule has 0 unspecified atom stereocenters. The first-order valence-electron chi connectivity index (χ1n) is 2.07. The van der Waals surface area contributed by atoms with Crippen LogP contribution in [0.2, 0.25) is 5.02 Å². The molecule has 1 heterocycles. The molecule has 0 spiro atoms.